The summed E-state index contributed by atoms with van der Waals surface area (Å²) >= 11 is 6.05. The van der Waals surface area contributed by atoms with E-state index in [1.165, 1.54) is 18.2 Å². The van der Waals surface area contributed by atoms with Gasteiger partial charge in [0.25, 0.3) is 0 Å². The van der Waals surface area contributed by atoms with Gasteiger partial charge in [-0.1, -0.05) is 17.7 Å². The maximum absolute atomic E-state index is 13.4. The molecule has 0 N–H and O–H groups in total. The summed E-state index contributed by atoms with van der Waals surface area (Å²) in [4.78, 5) is 11.1. The molecule has 132 valence electrons. The van der Waals surface area contributed by atoms with Crippen LogP contribution in [-0.4, -0.2) is 27.3 Å². The van der Waals surface area contributed by atoms with Gasteiger partial charge in [-0.05, 0) is 25.1 Å². The summed E-state index contributed by atoms with van der Waals surface area (Å²) in [6.07, 6.45) is -1.34. The highest BCUT2D eigenvalue weighted by Gasteiger charge is 2.34. The molecule has 1 unspecified atom stereocenters. The third kappa shape index (κ3) is 3.27. The fourth-order valence-electron chi connectivity index (χ4n) is 2.23. The predicted octanol–water partition coefficient (Wildman–Crippen LogP) is 2.97. The summed E-state index contributed by atoms with van der Waals surface area (Å²) in [6, 6.07) is 6.90. The van der Waals surface area contributed by atoms with E-state index in [1.807, 2.05) is 0 Å². The van der Waals surface area contributed by atoms with E-state index in [-0.39, 0.29) is 32.9 Å². The lowest BCUT2D eigenvalue weighted by molar-refractivity contribution is -0.161. The molecule has 0 fully saturated rings. The number of carbonyl (C=O) groups is 1. The number of sulfone groups is 1. The maximum Gasteiger partial charge on any atom is 0.389 e. The van der Waals surface area contributed by atoms with Crippen LogP contribution < -0.4 is 9.47 Å². The van der Waals surface area contributed by atoms with Crippen LogP contribution in [0.4, 0.5) is 4.39 Å². The van der Waals surface area contributed by atoms with Crippen LogP contribution in [0.25, 0.3) is 0 Å². The van der Waals surface area contributed by atoms with Crippen LogP contribution in [0.5, 0.6) is 11.5 Å². The first-order valence-electron chi connectivity index (χ1n) is 7.17. The topological polar surface area (TPSA) is 78.9 Å². The summed E-state index contributed by atoms with van der Waals surface area (Å²) in [6.45, 7) is 1.76. The lowest BCUT2D eigenvalue weighted by atomic mass is 10.3. The summed E-state index contributed by atoms with van der Waals surface area (Å²) < 4.78 is 54.0. The van der Waals surface area contributed by atoms with Gasteiger partial charge < -0.3 is 14.2 Å². The maximum atomic E-state index is 13.4. The predicted molar refractivity (Wildman–Crippen MR) is 85.0 cm³/mol. The third-order valence-electron chi connectivity index (χ3n) is 3.34. The van der Waals surface area contributed by atoms with Crippen LogP contribution in [0.3, 0.4) is 0 Å². The van der Waals surface area contributed by atoms with E-state index < -0.39 is 27.9 Å². The standard InChI is InChI=1S/C16H12ClFO6S/c1-2-22-15(19)16-23-12-7-11(17)14(8-13(12)24-16)25(20,21)10-5-3-4-9(18)6-10/h3-8,16H,2H2,1H3. The molecule has 0 radical (unpaired) electrons. The van der Waals surface area contributed by atoms with E-state index in [0.717, 1.165) is 18.2 Å². The van der Waals surface area contributed by atoms with Crippen molar-refractivity contribution in [3.05, 3.63) is 47.2 Å². The average molecular weight is 387 g/mol. The molecule has 0 saturated heterocycles. The fourth-order valence-corrected chi connectivity index (χ4v) is 4.04. The first kappa shape index (κ1) is 17.5. The van der Waals surface area contributed by atoms with E-state index in [1.54, 1.807) is 6.92 Å². The van der Waals surface area contributed by atoms with E-state index in [2.05, 4.69) is 0 Å². The molecule has 0 spiro atoms. The Balaban J connectivity index is 1.99. The Morgan fingerprint density at radius 3 is 2.56 bits per heavy atom. The number of halogens is 2. The second-order valence-electron chi connectivity index (χ2n) is 5.01. The van der Waals surface area contributed by atoms with E-state index >= 15 is 0 Å². The van der Waals surface area contributed by atoms with Crippen molar-refractivity contribution in [2.45, 2.75) is 23.0 Å². The fraction of sp³-hybridized carbons (Fsp3) is 0.188. The molecule has 25 heavy (non-hydrogen) atoms. The highest BCUT2D eigenvalue weighted by atomic mass is 35.5. The number of benzene rings is 2. The Hall–Kier alpha value is -2.32. The van der Waals surface area contributed by atoms with Gasteiger partial charge in [0.15, 0.2) is 11.5 Å². The number of hydrogen-bond acceptors (Lipinski definition) is 6. The van der Waals surface area contributed by atoms with Crippen molar-refractivity contribution in [1.29, 1.82) is 0 Å². The highest BCUT2D eigenvalue weighted by Crippen LogP contribution is 2.42. The molecule has 6 nitrogen and oxygen atoms in total. The summed E-state index contributed by atoms with van der Waals surface area (Å²) in [5.41, 5.74) is 0. The molecule has 2 aromatic rings. The molecule has 0 saturated carbocycles. The molecule has 1 atom stereocenters. The van der Waals surface area contributed by atoms with Crippen molar-refractivity contribution in [2.24, 2.45) is 0 Å². The number of carbonyl (C=O) groups excluding carboxylic acids is 1. The van der Waals surface area contributed by atoms with Crippen molar-refractivity contribution < 1.29 is 31.8 Å². The molecule has 3 rings (SSSR count). The van der Waals surface area contributed by atoms with Crippen molar-refractivity contribution >= 4 is 27.4 Å². The van der Waals surface area contributed by atoms with Crippen molar-refractivity contribution in [2.75, 3.05) is 6.61 Å². The Kier molecular flexibility index (Phi) is 4.57. The molecule has 2 aromatic carbocycles. The van der Waals surface area contributed by atoms with Gasteiger partial charge in [0.05, 0.1) is 21.4 Å². The Bertz CT molecular complexity index is 944. The Morgan fingerprint density at radius 1 is 1.24 bits per heavy atom. The first-order valence-corrected chi connectivity index (χ1v) is 9.03. The molecule has 1 aliphatic heterocycles. The third-order valence-corrected chi connectivity index (χ3v) is 5.56. The van der Waals surface area contributed by atoms with Gasteiger partial charge >= 0.3 is 12.3 Å². The van der Waals surface area contributed by atoms with Crippen LogP contribution in [0.1, 0.15) is 6.92 Å². The normalized spacial score (nSPS) is 15.9. The average Bonchev–Trinajstić information content (AvgIpc) is 2.97. The minimum absolute atomic E-state index is 0.0254. The zero-order valence-electron chi connectivity index (χ0n) is 12.9. The molecular formula is C16H12ClFO6S. The van der Waals surface area contributed by atoms with Gasteiger partial charge in [-0.3, -0.25) is 0 Å². The summed E-state index contributed by atoms with van der Waals surface area (Å²) in [5.74, 6) is -1.30. The number of hydrogen-bond donors (Lipinski definition) is 0. The van der Waals surface area contributed by atoms with Crippen LogP contribution in [0.2, 0.25) is 5.02 Å². The monoisotopic (exact) mass is 386 g/mol. The minimum atomic E-state index is -4.09. The van der Waals surface area contributed by atoms with Crippen molar-refractivity contribution in [3.63, 3.8) is 0 Å². The number of esters is 1. The lowest BCUT2D eigenvalue weighted by Crippen LogP contribution is -2.30. The quantitative estimate of drug-likeness (QED) is 0.752. The van der Waals surface area contributed by atoms with E-state index in [4.69, 9.17) is 25.8 Å². The Morgan fingerprint density at radius 2 is 1.92 bits per heavy atom. The van der Waals surface area contributed by atoms with Crippen molar-refractivity contribution in [3.8, 4) is 11.5 Å². The molecule has 0 aliphatic carbocycles. The van der Waals surface area contributed by atoms with Gasteiger partial charge in [0.1, 0.15) is 5.82 Å². The molecule has 0 aromatic heterocycles. The first-order chi connectivity index (χ1) is 11.8. The molecule has 1 aliphatic rings. The van der Waals surface area contributed by atoms with Crippen LogP contribution in [0, 0.1) is 5.82 Å². The van der Waals surface area contributed by atoms with Gasteiger partial charge in [-0.25, -0.2) is 17.6 Å². The molecular weight excluding hydrogens is 375 g/mol. The smallest absolute Gasteiger partial charge is 0.389 e. The zero-order chi connectivity index (χ0) is 18.2. The van der Waals surface area contributed by atoms with Crippen LogP contribution in [0.15, 0.2) is 46.2 Å². The number of fused-ring (bicyclic) bond motifs is 1. The molecule has 0 amide bonds. The number of rotatable bonds is 4. The van der Waals surface area contributed by atoms with Gasteiger partial charge in [0, 0.05) is 12.1 Å². The van der Waals surface area contributed by atoms with Gasteiger partial charge in [0.2, 0.25) is 9.84 Å². The molecule has 1 heterocycles. The zero-order valence-corrected chi connectivity index (χ0v) is 14.4. The van der Waals surface area contributed by atoms with Crippen LogP contribution >= 0.6 is 11.6 Å². The second kappa shape index (κ2) is 6.53. The van der Waals surface area contributed by atoms with Crippen LogP contribution in [-0.2, 0) is 19.4 Å². The van der Waals surface area contributed by atoms with E-state index in [9.17, 15) is 17.6 Å². The summed E-state index contributed by atoms with van der Waals surface area (Å²) in [7, 11) is -4.09. The number of ether oxygens (including phenoxy) is 3. The lowest BCUT2D eigenvalue weighted by Gasteiger charge is -2.08. The second-order valence-corrected chi connectivity index (χ2v) is 7.34. The van der Waals surface area contributed by atoms with Crippen molar-refractivity contribution in [1.82, 2.24) is 0 Å². The van der Waals surface area contributed by atoms with Gasteiger partial charge in [-0.15, -0.1) is 0 Å². The van der Waals surface area contributed by atoms with E-state index in [0.29, 0.717) is 0 Å². The largest absolute Gasteiger partial charge is 0.460 e. The molecule has 0 bridgehead atoms. The Labute approximate surface area is 148 Å². The summed E-state index contributed by atoms with van der Waals surface area (Å²) in [5, 5.41) is -0.142. The SMILES string of the molecule is CCOC(=O)C1Oc2cc(Cl)c(S(=O)(=O)c3cccc(F)c3)cc2O1. The van der Waals surface area contributed by atoms with Gasteiger partial charge in [-0.2, -0.15) is 0 Å². The minimum Gasteiger partial charge on any atom is -0.460 e. The molecule has 9 heteroatoms. The highest BCUT2D eigenvalue weighted by molar-refractivity contribution is 7.91.